The zero-order valence-corrected chi connectivity index (χ0v) is 22.5. The van der Waals surface area contributed by atoms with E-state index in [1.165, 1.54) is 4.90 Å². The number of ether oxygens (including phenoxy) is 2. The van der Waals surface area contributed by atoms with Crippen molar-refractivity contribution in [2.75, 3.05) is 12.0 Å². The third kappa shape index (κ3) is 6.11. The van der Waals surface area contributed by atoms with Crippen LogP contribution in [0.3, 0.4) is 0 Å². The lowest BCUT2D eigenvalue weighted by Crippen LogP contribution is -2.56. The van der Waals surface area contributed by atoms with Crippen LogP contribution in [0.1, 0.15) is 55.0 Å². The molecule has 1 heterocycles. The number of rotatable bonds is 5. The van der Waals surface area contributed by atoms with Crippen molar-refractivity contribution in [2.24, 2.45) is 5.92 Å². The number of hydrogen-bond donors (Lipinski definition) is 0. The van der Waals surface area contributed by atoms with Crippen molar-refractivity contribution >= 4 is 29.5 Å². The molecular formula is C27H27ClF6N2O4. The van der Waals surface area contributed by atoms with Crippen LogP contribution in [0.15, 0.2) is 42.5 Å². The molecule has 13 heteroatoms. The van der Waals surface area contributed by atoms with Gasteiger partial charge in [0.15, 0.2) is 0 Å². The smallest absolute Gasteiger partial charge is 0.416 e. The number of carbonyl (C=O) groups is 2. The van der Waals surface area contributed by atoms with Crippen LogP contribution in [0.4, 0.5) is 41.6 Å². The third-order valence-corrected chi connectivity index (χ3v) is 7.32. The van der Waals surface area contributed by atoms with E-state index in [0.29, 0.717) is 23.4 Å². The number of alkyl halides is 7. The summed E-state index contributed by atoms with van der Waals surface area (Å²) in [6, 6.07) is 5.95. The maximum Gasteiger partial charge on any atom is 0.416 e. The van der Waals surface area contributed by atoms with Crippen LogP contribution in [0.5, 0.6) is 0 Å². The number of benzene rings is 2. The zero-order valence-electron chi connectivity index (χ0n) is 21.7. The minimum atomic E-state index is -5.06. The quantitative estimate of drug-likeness (QED) is 0.263. The average molecular weight is 593 g/mol. The van der Waals surface area contributed by atoms with Crippen LogP contribution < -0.4 is 4.90 Å². The highest BCUT2D eigenvalue weighted by molar-refractivity contribution is 6.22. The van der Waals surface area contributed by atoms with Crippen LogP contribution in [0.2, 0.25) is 0 Å². The van der Waals surface area contributed by atoms with E-state index < -0.39 is 71.3 Å². The fourth-order valence-corrected chi connectivity index (χ4v) is 5.64. The molecule has 1 unspecified atom stereocenters. The van der Waals surface area contributed by atoms with Crippen molar-refractivity contribution in [2.45, 2.75) is 69.2 Å². The second-order valence-electron chi connectivity index (χ2n) is 10.1. The van der Waals surface area contributed by atoms with E-state index in [0.717, 1.165) is 24.9 Å². The summed E-state index contributed by atoms with van der Waals surface area (Å²) in [6.45, 7) is 2.70. The molecule has 2 amide bonds. The van der Waals surface area contributed by atoms with Crippen LogP contribution >= 0.6 is 11.6 Å². The van der Waals surface area contributed by atoms with Crippen molar-refractivity contribution in [1.82, 2.24) is 4.90 Å². The predicted molar refractivity (Wildman–Crippen MR) is 134 cm³/mol. The lowest BCUT2D eigenvalue weighted by molar-refractivity contribution is -0.143. The average Bonchev–Trinajstić information content (AvgIpc) is 3.70. The fraction of sp³-hybridized carbons (Fsp3) is 0.481. The fourth-order valence-electron chi connectivity index (χ4n) is 5.05. The van der Waals surface area contributed by atoms with Gasteiger partial charge in [0.05, 0.1) is 47.5 Å². The molecule has 2 aliphatic rings. The molecule has 0 N–H and O–H groups in total. The maximum absolute atomic E-state index is 13.5. The zero-order chi connectivity index (χ0) is 29.6. The van der Waals surface area contributed by atoms with Crippen molar-refractivity contribution in [3.63, 3.8) is 0 Å². The number of anilines is 1. The van der Waals surface area contributed by atoms with Crippen LogP contribution in [-0.4, -0.2) is 41.7 Å². The summed E-state index contributed by atoms with van der Waals surface area (Å²) >= 11 is 7.00. The van der Waals surface area contributed by atoms with Gasteiger partial charge in [-0.25, -0.2) is 9.59 Å². The second-order valence-corrected chi connectivity index (χ2v) is 10.6. The molecule has 1 aliphatic carbocycles. The van der Waals surface area contributed by atoms with Gasteiger partial charge in [0, 0.05) is 12.1 Å². The lowest BCUT2D eigenvalue weighted by atomic mass is 9.87. The Morgan fingerprint density at radius 2 is 1.60 bits per heavy atom. The Hall–Kier alpha value is -3.15. The normalized spacial score (nSPS) is 21.2. The molecule has 4 rings (SSSR count). The van der Waals surface area contributed by atoms with E-state index in [1.807, 2.05) is 0 Å². The van der Waals surface area contributed by atoms with Crippen molar-refractivity contribution in [3.05, 3.63) is 64.7 Å². The molecule has 2 aromatic rings. The molecule has 6 nitrogen and oxygen atoms in total. The highest BCUT2D eigenvalue weighted by atomic mass is 35.5. The Labute approximate surface area is 231 Å². The second kappa shape index (κ2) is 11.0. The van der Waals surface area contributed by atoms with E-state index >= 15 is 0 Å². The summed E-state index contributed by atoms with van der Waals surface area (Å²) in [7, 11) is 1.05. The molecule has 0 aromatic heterocycles. The molecular weight excluding hydrogens is 566 g/mol. The Morgan fingerprint density at radius 3 is 2.10 bits per heavy atom. The molecule has 1 aliphatic heterocycles. The molecule has 2 aromatic carbocycles. The molecule has 3 atom stereocenters. The predicted octanol–water partition coefficient (Wildman–Crippen LogP) is 7.78. The van der Waals surface area contributed by atoms with Crippen molar-refractivity contribution < 1.29 is 45.4 Å². The van der Waals surface area contributed by atoms with Gasteiger partial charge in [0.25, 0.3) is 0 Å². The molecule has 40 heavy (non-hydrogen) atoms. The number of fused-ring (bicyclic) bond motifs is 1. The van der Waals surface area contributed by atoms with Gasteiger partial charge in [-0.1, -0.05) is 18.2 Å². The standard InChI is InChI=1S/C27H27ClF6N2O4/c1-14(2)40-25(38)36-20-7-5-4-6-19(20)23(21(28)22(36)16-8-9-16)35(24(37)39-3)13-15-10-17(26(29,30)31)12-18(11-15)27(32,33)34/h4-7,10-12,14,16,21-23H,8-9,13H2,1-3H3/t21?,22-,23-/m0/s1. The van der Waals surface area contributed by atoms with Crippen molar-refractivity contribution in [3.8, 4) is 0 Å². The number of para-hydroxylation sites is 1. The largest absolute Gasteiger partial charge is 0.453 e. The molecule has 0 bridgehead atoms. The first-order chi connectivity index (χ1) is 18.6. The van der Waals surface area contributed by atoms with Crippen LogP contribution in [-0.2, 0) is 28.4 Å². The Balaban J connectivity index is 1.84. The number of carbonyl (C=O) groups excluding carboxylic acids is 2. The number of hydrogen-bond acceptors (Lipinski definition) is 4. The molecule has 0 radical (unpaired) electrons. The molecule has 1 saturated carbocycles. The summed E-state index contributed by atoms with van der Waals surface area (Å²) in [6.07, 6.45) is -10.8. The van der Waals surface area contributed by atoms with Gasteiger partial charge in [0.2, 0.25) is 0 Å². The van der Waals surface area contributed by atoms with Gasteiger partial charge in [0.1, 0.15) is 0 Å². The monoisotopic (exact) mass is 592 g/mol. The summed E-state index contributed by atoms with van der Waals surface area (Å²) < 4.78 is 91.5. The maximum atomic E-state index is 13.5. The molecule has 218 valence electrons. The van der Waals surface area contributed by atoms with Gasteiger partial charge in [-0.3, -0.25) is 9.80 Å². The number of methoxy groups -OCH3 is 1. The number of amides is 2. The van der Waals surface area contributed by atoms with Crippen LogP contribution in [0, 0.1) is 5.92 Å². The molecule has 0 spiro atoms. The number of nitrogens with zero attached hydrogens (tertiary/aromatic N) is 2. The first-order valence-electron chi connectivity index (χ1n) is 12.5. The van der Waals surface area contributed by atoms with E-state index in [9.17, 15) is 35.9 Å². The lowest BCUT2D eigenvalue weighted by Gasteiger charge is -2.47. The highest BCUT2D eigenvalue weighted by Crippen LogP contribution is 2.51. The summed E-state index contributed by atoms with van der Waals surface area (Å²) in [5, 5.41) is -0.992. The van der Waals surface area contributed by atoms with Gasteiger partial charge >= 0.3 is 24.5 Å². The topological polar surface area (TPSA) is 59.1 Å². The Morgan fingerprint density at radius 1 is 1.02 bits per heavy atom. The van der Waals surface area contributed by atoms with E-state index in [4.69, 9.17) is 21.1 Å². The van der Waals surface area contributed by atoms with Crippen molar-refractivity contribution in [1.29, 1.82) is 0 Å². The highest BCUT2D eigenvalue weighted by Gasteiger charge is 2.52. The summed E-state index contributed by atoms with van der Waals surface area (Å²) in [5.74, 6) is -0.0528. The summed E-state index contributed by atoms with van der Waals surface area (Å²) in [5.41, 5.74) is -2.69. The Kier molecular flexibility index (Phi) is 8.22. The summed E-state index contributed by atoms with van der Waals surface area (Å²) in [4.78, 5) is 28.7. The van der Waals surface area contributed by atoms with Gasteiger partial charge < -0.3 is 9.47 Å². The van der Waals surface area contributed by atoms with Gasteiger partial charge in [-0.15, -0.1) is 11.6 Å². The SMILES string of the molecule is COC(=O)N(Cc1cc(C(F)(F)F)cc(C(F)(F)F)c1)[C@H]1c2ccccc2N(C(=O)OC(C)C)[C@@H](C2CC2)C1Cl. The first kappa shape index (κ1) is 29.8. The third-order valence-electron chi connectivity index (χ3n) is 6.82. The van der Waals surface area contributed by atoms with E-state index in [1.54, 1.807) is 38.1 Å². The molecule has 0 saturated heterocycles. The number of halogens is 7. The molecule has 1 fully saturated rings. The first-order valence-corrected chi connectivity index (χ1v) is 12.9. The minimum absolute atomic E-state index is 0.0214. The van der Waals surface area contributed by atoms with Gasteiger partial charge in [-0.2, -0.15) is 26.3 Å². The van der Waals surface area contributed by atoms with Crippen LogP contribution in [0.25, 0.3) is 0 Å². The van der Waals surface area contributed by atoms with E-state index in [2.05, 4.69) is 0 Å². The Bertz CT molecular complexity index is 1230. The van der Waals surface area contributed by atoms with E-state index in [-0.39, 0.29) is 12.0 Å². The minimum Gasteiger partial charge on any atom is -0.453 e. The van der Waals surface area contributed by atoms with Gasteiger partial charge in [-0.05, 0) is 62.4 Å².